The number of halogens is 1. The zero-order valence-corrected chi connectivity index (χ0v) is 13.8. The highest BCUT2D eigenvalue weighted by molar-refractivity contribution is 9.10. The normalized spacial score (nSPS) is 19.1. The van der Waals surface area contributed by atoms with E-state index >= 15 is 0 Å². The van der Waals surface area contributed by atoms with Gasteiger partial charge in [0.05, 0.1) is 0 Å². The lowest BCUT2D eigenvalue weighted by atomic mass is 9.85. The van der Waals surface area contributed by atoms with Crippen molar-refractivity contribution in [3.63, 3.8) is 0 Å². The smallest absolute Gasteiger partial charge is 0.0351 e. The minimum atomic E-state index is 0.528. The van der Waals surface area contributed by atoms with Crippen LogP contribution in [-0.4, -0.2) is 6.54 Å². The van der Waals surface area contributed by atoms with E-state index in [9.17, 15) is 0 Å². The highest BCUT2D eigenvalue weighted by Crippen LogP contribution is 2.35. The van der Waals surface area contributed by atoms with E-state index in [0.29, 0.717) is 6.04 Å². The molecule has 0 radical (unpaired) electrons. The Morgan fingerprint density at radius 1 is 1.21 bits per heavy atom. The minimum absolute atomic E-state index is 0.528. The lowest BCUT2D eigenvalue weighted by Crippen LogP contribution is -2.28. The first-order valence-corrected chi connectivity index (χ1v) is 8.51. The molecule has 1 fully saturated rings. The standard InChI is InChI=1S/C17H26BrN/c1-3-19-17(14-8-6-4-5-7-9-14)16-12-15(18)11-10-13(16)2/h10-12,14,17,19H,3-9H2,1-2H3. The SMILES string of the molecule is CCNC(c1cc(Br)ccc1C)C1CCCCCC1. The second-order valence-electron chi connectivity index (χ2n) is 5.79. The van der Waals surface area contributed by atoms with Gasteiger partial charge in [-0.05, 0) is 55.5 Å². The largest absolute Gasteiger partial charge is 0.310 e. The molecule has 106 valence electrons. The van der Waals surface area contributed by atoms with Crippen LogP contribution < -0.4 is 5.32 Å². The third-order valence-corrected chi connectivity index (χ3v) is 4.86. The molecule has 0 saturated heterocycles. The van der Waals surface area contributed by atoms with E-state index in [-0.39, 0.29) is 0 Å². The number of benzene rings is 1. The highest BCUT2D eigenvalue weighted by atomic mass is 79.9. The maximum Gasteiger partial charge on any atom is 0.0351 e. The predicted molar refractivity (Wildman–Crippen MR) is 86.5 cm³/mol. The first kappa shape index (κ1) is 15.1. The summed E-state index contributed by atoms with van der Waals surface area (Å²) in [7, 11) is 0. The van der Waals surface area contributed by atoms with Crippen molar-refractivity contribution < 1.29 is 0 Å². The molecule has 1 atom stereocenters. The molecule has 0 aliphatic heterocycles. The molecule has 1 unspecified atom stereocenters. The van der Waals surface area contributed by atoms with Crippen molar-refractivity contribution in [3.05, 3.63) is 33.8 Å². The summed E-state index contributed by atoms with van der Waals surface area (Å²) in [5.74, 6) is 0.801. The molecule has 19 heavy (non-hydrogen) atoms. The van der Waals surface area contributed by atoms with Gasteiger partial charge in [0.15, 0.2) is 0 Å². The predicted octanol–water partition coefficient (Wildman–Crippen LogP) is 5.38. The fraction of sp³-hybridized carbons (Fsp3) is 0.647. The van der Waals surface area contributed by atoms with Gasteiger partial charge < -0.3 is 5.32 Å². The molecule has 1 nitrogen and oxygen atoms in total. The number of nitrogens with one attached hydrogen (secondary N) is 1. The van der Waals surface area contributed by atoms with Gasteiger partial charge in [-0.15, -0.1) is 0 Å². The second-order valence-corrected chi connectivity index (χ2v) is 6.70. The molecule has 2 rings (SSSR count). The van der Waals surface area contributed by atoms with Gasteiger partial charge in [-0.2, -0.15) is 0 Å². The Morgan fingerprint density at radius 3 is 2.53 bits per heavy atom. The number of hydrogen-bond donors (Lipinski definition) is 1. The lowest BCUT2D eigenvalue weighted by molar-refractivity contribution is 0.329. The van der Waals surface area contributed by atoms with E-state index in [1.807, 2.05) is 0 Å². The van der Waals surface area contributed by atoms with Crippen molar-refractivity contribution >= 4 is 15.9 Å². The molecule has 1 aliphatic carbocycles. The van der Waals surface area contributed by atoms with Crippen LogP contribution in [0.25, 0.3) is 0 Å². The van der Waals surface area contributed by atoms with Crippen LogP contribution in [0.3, 0.4) is 0 Å². The molecule has 0 aromatic heterocycles. The van der Waals surface area contributed by atoms with Crippen LogP contribution in [0.2, 0.25) is 0 Å². The summed E-state index contributed by atoms with van der Waals surface area (Å²) in [6.45, 7) is 5.51. The Hall–Kier alpha value is -0.340. The zero-order valence-electron chi connectivity index (χ0n) is 12.2. The molecule has 1 aliphatic rings. The van der Waals surface area contributed by atoms with Crippen LogP contribution in [0.15, 0.2) is 22.7 Å². The van der Waals surface area contributed by atoms with Gasteiger partial charge in [0.25, 0.3) is 0 Å². The van der Waals surface area contributed by atoms with Gasteiger partial charge in [0, 0.05) is 10.5 Å². The topological polar surface area (TPSA) is 12.0 Å². The van der Waals surface area contributed by atoms with Gasteiger partial charge in [0.1, 0.15) is 0 Å². The average Bonchev–Trinajstić information content (AvgIpc) is 2.68. The minimum Gasteiger partial charge on any atom is -0.310 e. The molecule has 2 heteroatoms. The third-order valence-electron chi connectivity index (χ3n) is 4.37. The maximum atomic E-state index is 3.74. The van der Waals surface area contributed by atoms with Gasteiger partial charge in [0.2, 0.25) is 0 Å². The quantitative estimate of drug-likeness (QED) is 0.733. The van der Waals surface area contributed by atoms with E-state index in [1.54, 1.807) is 0 Å². The fourth-order valence-corrected chi connectivity index (χ4v) is 3.72. The van der Waals surface area contributed by atoms with E-state index in [1.165, 1.54) is 54.1 Å². The van der Waals surface area contributed by atoms with Gasteiger partial charge >= 0.3 is 0 Å². The average molecular weight is 324 g/mol. The van der Waals surface area contributed by atoms with Crippen LogP contribution in [0.5, 0.6) is 0 Å². The number of rotatable bonds is 4. The van der Waals surface area contributed by atoms with Crippen LogP contribution in [-0.2, 0) is 0 Å². The summed E-state index contributed by atoms with van der Waals surface area (Å²) in [6, 6.07) is 7.23. The second kappa shape index (κ2) is 7.44. The van der Waals surface area contributed by atoms with E-state index in [0.717, 1.165) is 12.5 Å². The first-order valence-electron chi connectivity index (χ1n) is 7.71. The molecule has 0 amide bonds. The molecule has 0 bridgehead atoms. The molecule has 1 aromatic rings. The molecule has 0 spiro atoms. The highest BCUT2D eigenvalue weighted by Gasteiger charge is 2.24. The van der Waals surface area contributed by atoms with E-state index in [4.69, 9.17) is 0 Å². The Balaban J connectivity index is 2.24. The summed E-state index contributed by atoms with van der Waals surface area (Å²) in [6.07, 6.45) is 8.41. The Labute approximate surface area is 126 Å². The molecule has 1 aromatic carbocycles. The third kappa shape index (κ3) is 4.06. The van der Waals surface area contributed by atoms with Crippen molar-refractivity contribution in [3.8, 4) is 0 Å². The van der Waals surface area contributed by atoms with Crippen molar-refractivity contribution in [2.24, 2.45) is 5.92 Å². The van der Waals surface area contributed by atoms with Crippen LogP contribution in [0.4, 0.5) is 0 Å². The Kier molecular flexibility index (Phi) is 5.90. The van der Waals surface area contributed by atoms with Crippen LogP contribution in [0, 0.1) is 12.8 Å². The summed E-state index contributed by atoms with van der Waals surface area (Å²) in [4.78, 5) is 0. The van der Waals surface area contributed by atoms with E-state index < -0.39 is 0 Å². The molecular formula is C17H26BrN. The zero-order chi connectivity index (χ0) is 13.7. The summed E-state index contributed by atoms with van der Waals surface area (Å²) < 4.78 is 1.20. The van der Waals surface area contributed by atoms with E-state index in [2.05, 4.69) is 53.3 Å². The maximum absolute atomic E-state index is 3.74. The van der Waals surface area contributed by atoms with Crippen molar-refractivity contribution in [2.75, 3.05) is 6.54 Å². The van der Waals surface area contributed by atoms with Crippen molar-refractivity contribution in [2.45, 2.75) is 58.4 Å². The number of aryl methyl sites for hydroxylation is 1. The van der Waals surface area contributed by atoms with Crippen molar-refractivity contribution in [1.29, 1.82) is 0 Å². The monoisotopic (exact) mass is 323 g/mol. The number of hydrogen-bond acceptors (Lipinski definition) is 1. The Bertz CT molecular complexity index is 394. The van der Waals surface area contributed by atoms with Gasteiger partial charge in [-0.25, -0.2) is 0 Å². The summed E-state index contributed by atoms with van der Waals surface area (Å²) in [5.41, 5.74) is 2.90. The molecular weight excluding hydrogens is 298 g/mol. The summed E-state index contributed by atoms with van der Waals surface area (Å²) >= 11 is 3.63. The Morgan fingerprint density at radius 2 is 1.89 bits per heavy atom. The van der Waals surface area contributed by atoms with Gasteiger partial charge in [-0.3, -0.25) is 0 Å². The molecule has 1 saturated carbocycles. The lowest BCUT2D eigenvalue weighted by Gasteiger charge is -2.29. The van der Waals surface area contributed by atoms with Crippen LogP contribution >= 0.6 is 15.9 Å². The molecule has 0 heterocycles. The first-order chi connectivity index (χ1) is 9.22. The van der Waals surface area contributed by atoms with Gasteiger partial charge in [-0.1, -0.05) is 54.6 Å². The molecule has 1 N–H and O–H groups in total. The fourth-order valence-electron chi connectivity index (χ4n) is 3.34. The van der Waals surface area contributed by atoms with Crippen molar-refractivity contribution in [1.82, 2.24) is 5.32 Å². The summed E-state index contributed by atoms with van der Waals surface area (Å²) in [5, 5.41) is 3.74. The van der Waals surface area contributed by atoms with Crippen LogP contribution in [0.1, 0.15) is 62.6 Å².